The second-order valence-corrected chi connectivity index (χ2v) is 5.98. The zero-order valence-corrected chi connectivity index (χ0v) is 13.6. The molecular formula is C18H14F3NO4. The SMILES string of the molecule is CC(O)(C(=O)Nc1cccc2c1C(=O)c1ccccc1CO2)C(F)(F)F. The quantitative estimate of drug-likeness (QED) is 0.858. The summed E-state index contributed by atoms with van der Waals surface area (Å²) in [5, 5.41) is 11.5. The summed E-state index contributed by atoms with van der Waals surface area (Å²) < 4.78 is 44.1. The van der Waals surface area contributed by atoms with Crippen molar-refractivity contribution in [1.82, 2.24) is 0 Å². The summed E-state index contributed by atoms with van der Waals surface area (Å²) in [7, 11) is 0. The maximum Gasteiger partial charge on any atom is 0.426 e. The summed E-state index contributed by atoms with van der Waals surface area (Å²) in [4.78, 5) is 24.8. The van der Waals surface area contributed by atoms with Crippen molar-refractivity contribution in [1.29, 1.82) is 0 Å². The highest BCUT2D eigenvalue weighted by atomic mass is 19.4. The lowest BCUT2D eigenvalue weighted by Gasteiger charge is -2.25. The van der Waals surface area contributed by atoms with Gasteiger partial charge in [0.15, 0.2) is 5.78 Å². The van der Waals surface area contributed by atoms with Crippen molar-refractivity contribution in [3.05, 3.63) is 59.2 Å². The molecule has 0 radical (unpaired) electrons. The van der Waals surface area contributed by atoms with Crippen LogP contribution in [-0.2, 0) is 11.4 Å². The number of aliphatic hydroxyl groups is 1. The average Bonchev–Trinajstić information content (AvgIpc) is 2.72. The molecular weight excluding hydrogens is 351 g/mol. The van der Waals surface area contributed by atoms with Gasteiger partial charge in [0.05, 0.1) is 11.3 Å². The Morgan fingerprint density at radius 1 is 1.15 bits per heavy atom. The van der Waals surface area contributed by atoms with Gasteiger partial charge < -0.3 is 15.2 Å². The minimum atomic E-state index is -5.17. The van der Waals surface area contributed by atoms with Crippen LogP contribution in [0, 0.1) is 0 Å². The third-order valence-corrected chi connectivity index (χ3v) is 4.14. The molecule has 5 nitrogen and oxygen atoms in total. The molecule has 0 aromatic heterocycles. The molecule has 1 amide bonds. The van der Waals surface area contributed by atoms with Crippen LogP contribution in [0.1, 0.15) is 28.4 Å². The van der Waals surface area contributed by atoms with Crippen LogP contribution in [0.5, 0.6) is 5.75 Å². The normalized spacial score (nSPS) is 15.8. The first-order chi connectivity index (χ1) is 12.1. The zero-order chi connectivity index (χ0) is 19.1. The van der Waals surface area contributed by atoms with Crippen LogP contribution in [0.15, 0.2) is 42.5 Å². The number of ether oxygens (including phenoxy) is 1. The molecule has 1 atom stereocenters. The van der Waals surface area contributed by atoms with Crippen LogP contribution in [0.3, 0.4) is 0 Å². The molecule has 0 saturated heterocycles. The van der Waals surface area contributed by atoms with E-state index in [2.05, 4.69) is 0 Å². The molecule has 0 spiro atoms. The van der Waals surface area contributed by atoms with Gasteiger partial charge in [0.25, 0.3) is 5.91 Å². The molecule has 136 valence electrons. The third kappa shape index (κ3) is 2.92. The summed E-state index contributed by atoms with van der Waals surface area (Å²) in [5.41, 5.74) is -2.89. The summed E-state index contributed by atoms with van der Waals surface area (Å²) in [6.07, 6.45) is -5.17. The first-order valence-corrected chi connectivity index (χ1v) is 7.62. The minimum Gasteiger partial charge on any atom is -0.488 e. The lowest BCUT2D eigenvalue weighted by atomic mass is 9.97. The van der Waals surface area contributed by atoms with Gasteiger partial charge in [0.1, 0.15) is 12.4 Å². The molecule has 1 unspecified atom stereocenters. The predicted molar refractivity (Wildman–Crippen MR) is 86.0 cm³/mol. The molecule has 0 saturated carbocycles. The fourth-order valence-corrected chi connectivity index (χ4v) is 2.52. The fraction of sp³-hybridized carbons (Fsp3) is 0.222. The van der Waals surface area contributed by atoms with Crippen molar-refractivity contribution in [2.75, 3.05) is 5.32 Å². The van der Waals surface area contributed by atoms with E-state index in [1.165, 1.54) is 18.2 Å². The average molecular weight is 365 g/mol. The van der Waals surface area contributed by atoms with Crippen LogP contribution < -0.4 is 10.1 Å². The number of fused-ring (bicyclic) bond motifs is 2. The van der Waals surface area contributed by atoms with Gasteiger partial charge in [0.2, 0.25) is 5.60 Å². The number of nitrogens with one attached hydrogen (secondary N) is 1. The second-order valence-electron chi connectivity index (χ2n) is 5.98. The highest BCUT2D eigenvalue weighted by Crippen LogP contribution is 2.35. The molecule has 3 rings (SSSR count). The molecule has 0 fully saturated rings. The first kappa shape index (κ1) is 17.9. The molecule has 1 aliphatic rings. The number of amides is 1. The molecule has 0 aliphatic carbocycles. The molecule has 2 N–H and O–H groups in total. The van der Waals surface area contributed by atoms with Gasteiger partial charge >= 0.3 is 6.18 Å². The Kier molecular flexibility index (Phi) is 4.23. The fourth-order valence-electron chi connectivity index (χ4n) is 2.52. The Morgan fingerprint density at radius 3 is 2.54 bits per heavy atom. The maximum atomic E-state index is 12.9. The van der Waals surface area contributed by atoms with E-state index in [0.29, 0.717) is 18.1 Å². The van der Waals surface area contributed by atoms with Gasteiger partial charge in [-0.25, -0.2) is 0 Å². The minimum absolute atomic E-state index is 0.0659. The smallest absolute Gasteiger partial charge is 0.426 e. The van der Waals surface area contributed by atoms with Crippen molar-refractivity contribution < 1.29 is 32.6 Å². The summed E-state index contributed by atoms with van der Waals surface area (Å²) in [6, 6.07) is 10.8. The largest absolute Gasteiger partial charge is 0.488 e. The predicted octanol–water partition coefficient (Wildman–Crippen LogP) is 3.06. The van der Waals surface area contributed by atoms with E-state index in [0.717, 1.165) is 0 Å². The van der Waals surface area contributed by atoms with Crippen LogP contribution in [-0.4, -0.2) is 28.6 Å². The third-order valence-electron chi connectivity index (χ3n) is 4.14. The monoisotopic (exact) mass is 365 g/mol. The Hall–Kier alpha value is -2.87. The topological polar surface area (TPSA) is 75.6 Å². The van der Waals surface area contributed by atoms with Gasteiger partial charge in [-0.3, -0.25) is 9.59 Å². The molecule has 8 heteroatoms. The number of carbonyl (C=O) groups excluding carboxylic acids is 2. The number of carbonyl (C=O) groups is 2. The molecule has 2 aromatic carbocycles. The first-order valence-electron chi connectivity index (χ1n) is 7.62. The lowest BCUT2D eigenvalue weighted by Crippen LogP contribution is -2.52. The van der Waals surface area contributed by atoms with Gasteiger partial charge in [-0.15, -0.1) is 0 Å². The molecule has 1 aliphatic heterocycles. The second kappa shape index (κ2) is 6.14. The summed E-state index contributed by atoms with van der Waals surface area (Å²) in [5.74, 6) is -2.05. The highest BCUT2D eigenvalue weighted by molar-refractivity contribution is 6.17. The number of halogens is 3. The van der Waals surface area contributed by atoms with E-state index in [4.69, 9.17) is 4.74 Å². The van der Waals surface area contributed by atoms with Crippen LogP contribution in [0.2, 0.25) is 0 Å². The van der Waals surface area contributed by atoms with Gasteiger partial charge in [-0.1, -0.05) is 30.3 Å². The molecule has 26 heavy (non-hydrogen) atoms. The number of hydrogen-bond acceptors (Lipinski definition) is 4. The summed E-state index contributed by atoms with van der Waals surface area (Å²) in [6.45, 7) is 0.449. The van der Waals surface area contributed by atoms with Gasteiger partial charge in [0, 0.05) is 11.1 Å². The Balaban J connectivity index is 2.03. The number of hydrogen-bond donors (Lipinski definition) is 2. The van der Waals surface area contributed by atoms with Gasteiger partial charge in [-0.05, 0) is 19.1 Å². The highest BCUT2D eigenvalue weighted by Gasteiger charge is 2.56. The van der Waals surface area contributed by atoms with Crippen molar-refractivity contribution in [3.63, 3.8) is 0 Å². The van der Waals surface area contributed by atoms with Crippen molar-refractivity contribution in [3.8, 4) is 5.75 Å². The van der Waals surface area contributed by atoms with Crippen LogP contribution in [0.25, 0.3) is 0 Å². The van der Waals surface area contributed by atoms with E-state index in [1.807, 2.05) is 5.32 Å². The summed E-state index contributed by atoms with van der Waals surface area (Å²) >= 11 is 0. The van der Waals surface area contributed by atoms with Crippen LogP contribution >= 0.6 is 0 Å². The maximum absolute atomic E-state index is 12.9. The lowest BCUT2D eigenvalue weighted by molar-refractivity contribution is -0.242. The number of rotatable bonds is 2. The number of benzene rings is 2. The molecule has 2 aromatic rings. The Labute approximate surface area is 146 Å². The van der Waals surface area contributed by atoms with Crippen molar-refractivity contribution >= 4 is 17.4 Å². The Bertz CT molecular complexity index is 890. The van der Waals surface area contributed by atoms with Gasteiger partial charge in [-0.2, -0.15) is 13.2 Å². The molecule has 0 bridgehead atoms. The van der Waals surface area contributed by atoms with E-state index in [9.17, 15) is 27.9 Å². The number of ketones is 1. The number of anilines is 1. The van der Waals surface area contributed by atoms with Crippen LogP contribution in [0.4, 0.5) is 18.9 Å². The van der Waals surface area contributed by atoms with E-state index in [1.54, 1.807) is 24.3 Å². The van der Waals surface area contributed by atoms with Crippen molar-refractivity contribution in [2.24, 2.45) is 0 Å². The Morgan fingerprint density at radius 2 is 1.85 bits per heavy atom. The van der Waals surface area contributed by atoms with Crippen molar-refractivity contribution in [2.45, 2.75) is 25.3 Å². The molecule has 1 heterocycles. The number of alkyl halides is 3. The van der Waals surface area contributed by atoms with E-state index in [-0.39, 0.29) is 23.6 Å². The standard InChI is InChI=1S/C18H14F3NO4/c1-17(25,18(19,20)21)16(24)22-12-7-4-8-13-14(12)15(23)11-6-3-2-5-10(11)9-26-13/h2-8,25H,9H2,1H3,(H,22,24). The van der Waals surface area contributed by atoms with E-state index >= 15 is 0 Å². The zero-order valence-electron chi connectivity index (χ0n) is 13.6. The van der Waals surface area contributed by atoms with E-state index < -0.39 is 23.5 Å².